The molecule has 3 aromatic carbocycles. The zero-order valence-corrected chi connectivity index (χ0v) is 20.0. The van der Waals surface area contributed by atoms with E-state index in [0.717, 1.165) is 27.4 Å². The van der Waals surface area contributed by atoms with Crippen LogP contribution in [0.5, 0.6) is 11.5 Å². The first-order chi connectivity index (χ1) is 16.3. The third-order valence-corrected chi connectivity index (χ3v) is 6.23. The van der Waals surface area contributed by atoms with E-state index >= 15 is 0 Å². The van der Waals surface area contributed by atoms with Crippen LogP contribution in [0.1, 0.15) is 28.9 Å². The van der Waals surface area contributed by atoms with Gasteiger partial charge in [-0.3, -0.25) is 19.8 Å². The Morgan fingerprint density at radius 2 is 1.88 bits per heavy atom. The van der Waals surface area contributed by atoms with Gasteiger partial charge in [0.15, 0.2) is 0 Å². The van der Waals surface area contributed by atoms with Crippen LogP contribution in [0.3, 0.4) is 0 Å². The van der Waals surface area contributed by atoms with Gasteiger partial charge in [-0.15, -0.1) is 0 Å². The largest absolute Gasteiger partial charge is 0.502 e. The molecule has 176 valence electrons. The summed E-state index contributed by atoms with van der Waals surface area (Å²) in [5.74, 6) is -0.800. The van der Waals surface area contributed by atoms with Gasteiger partial charge in [0.2, 0.25) is 5.75 Å². The molecular formula is C24H22BrN3O6. The Labute approximate surface area is 204 Å². The molecule has 1 aliphatic heterocycles. The number of methoxy groups -OCH3 is 2. The van der Waals surface area contributed by atoms with Gasteiger partial charge in [0.25, 0.3) is 0 Å². The standard InChI is InChI=1S/C24H22BrN3O6/c1-33-16-11-18(23(30)20(12-16)28(31)32)24-26-19-9-8-15(25)10-17(19)22(14-6-4-3-5-7-14)27(24)13-21(29)34-2/h3-12,22,24,26,30H,13H2,1-2H3. The maximum absolute atomic E-state index is 12.5. The van der Waals surface area contributed by atoms with Gasteiger partial charge >= 0.3 is 11.7 Å². The molecule has 0 radical (unpaired) electrons. The molecule has 2 unspecified atom stereocenters. The van der Waals surface area contributed by atoms with Crippen LogP contribution < -0.4 is 10.1 Å². The number of aromatic hydroxyl groups is 1. The van der Waals surface area contributed by atoms with Crippen LogP contribution in [0.25, 0.3) is 0 Å². The molecule has 10 heteroatoms. The van der Waals surface area contributed by atoms with E-state index in [1.54, 1.807) is 4.90 Å². The van der Waals surface area contributed by atoms with Crippen LogP contribution in [0.15, 0.2) is 65.1 Å². The van der Waals surface area contributed by atoms with Crippen LogP contribution in [0.2, 0.25) is 0 Å². The molecule has 1 heterocycles. The number of carbonyl (C=O) groups excluding carboxylic acids is 1. The molecule has 0 aromatic heterocycles. The van der Waals surface area contributed by atoms with Crippen molar-refractivity contribution in [3.8, 4) is 11.5 Å². The van der Waals surface area contributed by atoms with Crippen molar-refractivity contribution in [2.24, 2.45) is 0 Å². The Kier molecular flexibility index (Phi) is 6.71. The lowest BCUT2D eigenvalue weighted by Gasteiger charge is -2.44. The number of phenols is 1. The fraction of sp³-hybridized carbons (Fsp3) is 0.208. The van der Waals surface area contributed by atoms with Crippen molar-refractivity contribution in [1.29, 1.82) is 0 Å². The normalized spacial score (nSPS) is 17.4. The topological polar surface area (TPSA) is 114 Å². The third-order valence-electron chi connectivity index (χ3n) is 5.74. The highest BCUT2D eigenvalue weighted by Crippen LogP contribution is 2.48. The predicted octanol–water partition coefficient (Wildman–Crippen LogP) is 4.76. The number of hydrogen-bond acceptors (Lipinski definition) is 8. The summed E-state index contributed by atoms with van der Waals surface area (Å²) in [6, 6.07) is 17.5. The molecule has 0 bridgehead atoms. The minimum atomic E-state index is -0.813. The van der Waals surface area contributed by atoms with Gasteiger partial charge in [-0.25, -0.2) is 0 Å². The number of anilines is 1. The van der Waals surface area contributed by atoms with Crippen molar-refractivity contribution >= 4 is 33.3 Å². The molecule has 2 atom stereocenters. The smallest absolute Gasteiger partial charge is 0.319 e. The van der Waals surface area contributed by atoms with Crippen LogP contribution >= 0.6 is 15.9 Å². The second-order valence-corrected chi connectivity index (χ2v) is 8.60. The zero-order chi connectivity index (χ0) is 24.4. The highest BCUT2D eigenvalue weighted by Gasteiger charge is 2.40. The van der Waals surface area contributed by atoms with Crippen molar-refractivity contribution in [1.82, 2.24) is 4.90 Å². The van der Waals surface area contributed by atoms with Gasteiger partial charge in [-0.05, 0) is 35.4 Å². The van der Waals surface area contributed by atoms with Gasteiger partial charge in [0.05, 0.1) is 37.8 Å². The van der Waals surface area contributed by atoms with E-state index in [4.69, 9.17) is 9.47 Å². The number of hydrogen-bond donors (Lipinski definition) is 2. The molecule has 9 nitrogen and oxygen atoms in total. The molecule has 0 spiro atoms. The lowest BCUT2D eigenvalue weighted by atomic mass is 9.91. The quantitative estimate of drug-likeness (QED) is 0.268. The first-order valence-electron chi connectivity index (χ1n) is 10.3. The third kappa shape index (κ3) is 4.42. The Bertz CT molecular complexity index is 1240. The van der Waals surface area contributed by atoms with Gasteiger partial charge < -0.3 is 19.9 Å². The highest BCUT2D eigenvalue weighted by atomic mass is 79.9. The molecule has 0 amide bonds. The van der Waals surface area contributed by atoms with Crippen molar-refractivity contribution in [2.75, 3.05) is 26.1 Å². The Morgan fingerprint density at radius 3 is 2.53 bits per heavy atom. The molecule has 34 heavy (non-hydrogen) atoms. The average Bonchev–Trinajstić information content (AvgIpc) is 2.84. The molecule has 2 N–H and O–H groups in total. The monoisotopic (exact) mass is 527 g/mol. The molecule has 4 rings (SSSR count). The Morgan fingerprint density at radius 1 is 1.15 bits per heavy atom. The van der Waals surface area contributed by atoms with E-state index in [0.29, 0.717) is 0 Å². The lowest BCUT2D eigenvalue weighted by molar-refractivity contribution is -0.386. The summed E-state index contributed by atoms with van der Waals surface area (Å²) in [4.78, 5) is 25.3. The van der Waals surface area contributed by atoms with E-state index in [1.807, 2.05) is 48.5 Å². The van der Waals surface area contributed by atoms with E-state index in [1.165, 1.54) is 20.3 Å². The fourth-order valence-electron chi connectivity index (χ4n) is 4.19. The molecule has 1 aliphatic rings. The Hall–Kier alpha value is -3.63. The SMILES string of the molecule is COC(=O)CN1C(c2cc(OC)cc([N+](=O)[O-])c2O)Nc2ccc(Br)cc2C1c1ccccc1. The summed E-state index contributed by atoms with van der Waals surface area (Å²) in [6.45, 7) is -0.149. The number of nitrogens with zero attached hydrogens (tertiary/aromatic N) is 2. The number of rotatable bonds is 6. The minimum Gasteiger partial charge on any atom is -0.502 e. The average molecular weight is 528 g/mol. The zero-order valence-electron chi connectivity index (χ0n) is 18.4. The molecule has 3 aromatic rings. The van der Waals surface area contributed by atoms with Crippen molar-refractivity contribution < 1.29 is 24.3 Å². The molecule has 0 aliphatic carbocycles. The summed E-state index contributed by atoms with van der Waals surface area (Å²) in [7, 11) is 2.69. The first kappa shape index (κ1) is 23.5. The van der Waals surface area contributed by atoms with Crippen LogP contribution in [0, 0.1) is 10.1 Å². The van der Waals surface area contributed by atoms with Crippen LogP contribution in [-0.2, 0) is 9.53 Å². The van der Waals surface area contributed by atoms with Crippen molar-refractivity contribution in [3.63, 3.8) is 0 Å². The Balaban J connectivity index is 1.97. The fourth-order valence-corrected chi connectivity index (χ4v) is 4.57. The van der Waals surface area contributed by atoms with E-state index in [9.17, 15) is 20.0 Å². The second kappa shape index (κ2) is 9.70. The number of nitro groups is 1. The summed E-state index contributed by atoms with van der Waals surface area (Å²) in [5.41, 5.74) is 2.25. The van der Waals surface area contributed by atoms with Crippen molar-refractivity contribution in [2.45, 2.75) is 12.2 Å². The summed E-state index contributed by atoms with van der Waals surface area (Å²) in [6.07, 6.45) is -0.813. The first-order valence-corrected chi connectivity index (χ1v) is 11.1. The molecule has 0 fully saturated rings. The number of halogens is 1. The highest BCUT2D eigenvalue weighted by molar-refractivity contribution is 9.10. The van der Waals surface area contributed by atoms with Gasteiger partial charge in [-0.1, -0.05) is 46.3 Å². The maximum atomic E-state index is 12.5. The number of nitro benzene ring substituents is 1. The minimum absolute atomic E-state index is 0.149. The van der Waals surface area contributed by atoms with Gasteiger partial charge in [0.1, 0.15) is 11.9 Å². The second-order valence-electron chi connectivity index (χ2n) is 7.68. The number of nitrogens with one attached hydrogen (secondary N) is 1. The summed E-state index contributed by atoms with van der Waals surface area (Å²) in [5, 5.41) is 25.9. The van der Waals surface area contributed by atoms with E-state index in [2.05, 4.69) is 21.2 Å². The van der Waals surface area contributed by atoms with Crippen LogP contribution in [0.4, 0.5) is 11.4 Å². The molecule has 0 saturated carbocycles. The maximum Gasteiger partial charge on any atom is 0.319 e. The number of ether oxygens (including phenoxy) is 2. The number of phenolic OH excluding ortho intramolecular Hbond substituents is 1. The number of carbonyl (C=O) groups is 1. The van der Waals surface area contributed by atoms with E-state index in [-0.39, 0.29) is 17.9 Å². The molecule has 0 saturated heterocycles. The molecular weight excluding hydrogens is 506 g/mol. The number of fused-ring (bicyclic) bond motifs is 1. The van der Waals surface area contributed by atoms with E-state index < -0.39 is 34.5 Å². The van der Waals surface area contributed by atoms with Crippen LogP contribution in [-0.4, -0.2) is 41.7 Å². The number of esters is 1. The summed E-state index contributed by atoms with van der Waals surface area (Å²) >= 11 is 3.52. The predicted molar refractivity (Wildman–Crippen MR) is 129 cm³/mol. The lowest BCUT2D eigenvalue weighted by Crippen LogP contribution is -2.44. The van der Waals surface area contributed by atoms with Gasteiger partial charge in [0, 0.05) is 15.7 Å². The number of benzene rings is 3. The van der Waals surface area contributed by atoms with Gasteiger partial charge in [-0.2, -0.15) is 0 Å². The summed E-state index contributed by atoms with van der Waals surface area (Å²) < 4.78 is 11.1. The van der Waals surface area contributed by atoms with Crippen molar-refractivity contribution in [3.05, 3.63) is 91.9 Å².